The van der Waals surface area contributed by atoms with Crippen LogP contribution in [0.3, 0.4) is 0 Å². The summed E-state index contributed by atoms with van der Waals surface area (Å²) in [6.45, 7) is 0.590. The van der Waals surface area contributed by atoms with Crippen molar-refractivity contribution in [2.75, 3.05) is 0 Å². The molecule has 2 rings (SSSR count). The molecule has 1 aromatic heterocycles. The van der Waals surface area contributed by atoms with Crippen molar-refractivity contribution in [3.63, 3.8) is 0 Å². The Bertz CT molecular complexity index is 438. The molecule has 78 valence electrons. The summed E-state index contributed by atoms with van der Waals surface area (Å²) in [5, 5.41) is 16.7. The second kappa shape index (κ2) is 4.55. The number of nitrogens with zero attached hydrogens (tertiary/aromatic N) is 3. The van der Waals surface area contributed by atoms with Gasteiger partial charge in [0, 0.05) is 4.47 Å². The van der Waals surface area contributed by atoms with Gasteiger partial charge in [0.2, 0.25) is 0 Å². The zero-order valence-corrected chi connectivity index (χ0v) is 9.55. The third-order valence-corrected chi connectivity index (χ3v) is 2.63. The number of hydrogen-bond donors (Lipinski definition) is 1. The van der Waals surface area contributed by atoms with Crippen molar-refractivity contribution in [3.8, 4) is 0 Å². The standard InChI is InChI=1S/C10H10BrN3O/c11-9-3-1-8(2-4-9)6-14-10(7-15)5-12-13-14/h1-5,15H,6-7H2. The molecule has 0 spiro atoms. The zero-order valence-electron chi connectivity index (χ0n) is 7.97. The lowest BCUT2D eigenvalue weighted by Gasteiger charge is -2.04. The fourth-order valence-electron chi connectivity index (χ4n) is 1.30. The third-order valence-electron chi connectivity index (χ3n) is 2.11. The summed E-state index contributed by atoms with van der Waals surface area (Å²) in [5.41, 5.74) is 1.84. The van der Waals surface area contributed by atoms with Crippen LogP contribution in [-0.4, -0.2) is 20.1 Å². The van der Waals surface area contributed by atoms with E-state index in [0.29, 0.717) is 6.54 Å². The molecule has 1 N–H and O–H groups in total. The van der Waals surface area contributed by atoms with Crippen molar-refractivity contribution >= 4 is 15.9 Å². The lowest BCUT2D eigenvalue weighted by molar-refractivity contribution is 0.269. The summed E-state index contributed by atoms with van der Waals surface area (Å²) in [6, 6.07) is 7.97. The maximum atomic E-state index is 9.02. The van der Waals surface area contributed by atoms with E-state index in [0.717, 1.165) is 15.7 Å². The number of benzene rings is 1. The second-order valence-corrected chi connectivity index (χ2v) is 4.08. The van der Waals surface area contributed by atoms with Crippen molar-refractivity contribution in [1.29, 1.82) is 0 Å². The quantitative estimate of drug-likeness (QED) is 0.919. The molecule has 0 aliphatic heterocycles. The molecule has 0 aliphatic rings. The van der Waals surface area contributed by atoms with Crippen molar-refractivity contribution < 1.29 is 5.11 Å². The Hall–Kier alpha value is -1.20. The highest BCUT2D eigenvalue weighted by atomic mass is 79.9. The Balaban J connectivity index is 2.18. The molecule has 0 saturated heterocycles. The van der Waals surface area contributed by atoms with E-state index in [2.05, 4.69) is 26.2 Å². The van der Waals surface area contributed by atoms with Crippen molar-refractivity contribution in [2.45, 2.75) is 13.2 Å². The maximum Gasteiger partial charge on any atom is 0.0866 e. The first-order valence-electron chi connectivity index (χ1n) is 4.52. The highest BCUT2D eigenvalue weighted by Gasteiger charge is 2.02. The molecule has 2 aromatic rings. The molecule has 0 bridgehead atoms. The molecule has 5 heteroatoms. The van der Waals surface area contributed by atoms with Gasteiger partial charge in [0.05, 0.1) is 25.0 Å². The van der Waals surface area contributed by atoms with Gasteiger partial charge in [0.25, 0.3) is 0 Å². The van der Waals surface area contributed by atoms with E-state index in [4.69, 9.17) is 5.11 Å². The van der Waals surface area contributed by atoms with Crippen LogP contribution in [0.5, 0.6) is 0 Å². The van der Waals surface area contributed by atoms with E-state index in [1.165, 1.54) is 0 Å². The normalized spacial score (nSPS) is 10.5. The second-order valence-electron chi connectivity index (χ2n) is 3.17. The fourth-order valence-corrected chi connectivity index (χ4v) is 1.56. The molecular weight excluding hydrogens is 258 g/mol. The van der Waals surface area contributed by atoms with Gasteiger partial charge in [-0.05, 0) is 17.7 Å². The van der Waals surface area contributed by atoms with Gasteiger partial charge >= 0.3 is 0 Å². The number of hydrogen-bond acceptors (Lipinski definition) is 3. The van der Waals surface area contributed by atoms with Crippen LogP contribution in [0.1, 0.15) is 11.3 Å². The number of aromatic nitrogens is 3. The van der Waals surface area contributed by atoms with E-state index < -0.39 is 0 Å². The van der Waals surface area contributed by atoms with Gasteiger partial charge in [-0.1, -0.05) is 33.3 Å². The van der Waals surface area contributed by atoms with Crippen LogP contribution in [0, 0.1) is 0 Å². The van der Waals surface area contributed by atoms with E-state index >= 15 is 0 Å². The van der Waals surface area contributed by atoms with Gasteiger partial charge in [-0.15, -0.1) is 5.10 Å². The molecule has 1 aromatic carbocycles. The predicted octanol–water partition coefficient (Wildman–Crippen LogP) is 1.58. The summed E-state index contributed by atoms with van der Waals surface area (Å²) in [4.78, 5) is 0. The minimum atomic E-state index is -0.0382. The highest BCUT2D eigenvalue weighted by Crippen LogP contribution is 2.11. The Labute approximate surface area is 95.7 Å². The zero-order chi connectivity index (χ0) is 10.7. The Morgan fingerprint density at radius 3 is 2.67 bits per heavy atom. The largest absolute Gasteiger partial charge is 0.390 e. The van der Waals surface area contributed by atoms with Gasteiger partial charge in [-0.25, -0.2) is 4.68 Å². The van der Waals surface area contributed by atoms with Gasteiger partial charge in [0.1, 0.15) is 0 Å². The number of rotatable bonds is 3. The van der Waals surface area contributed by atoms with Crippen LogP contribution >= 0.6 is 15.9 Å². The van der Waals surface area contributed by atoms with Gasteiger partial charge in [-0.2, -0.15) is 0 Å². The minimum Gasteiger partial charge on any atom is -0.390 e. The molecule has 0 radical (unpaired) electrons. The summed E-state index contributed by atoms with van der Waals surface area (Å²) in [6.07, 6.45) is 1.57. The Morgan fingerprint density at radius 2 is 2.00 bits per heavy atom. The Kier molecular flexibility index (Phi) is 3.13. The minimum absolute atomic E-state index is 0.0382. The van der Waals surface area contributed by atoms with Crippen molar-refractivity contribution in [2.24, 2.45) is 0 Å². The first-order chi connectivity index (χ1) is 7.29. The van der Waals surface area contributed by atoms with E-state index in [-0.39, 0.29) is 6.61 Å². The Morgan fingerprint density at radius 1 is 1.27 bits per heavy atom. The molecule has 0 fully saturated rings. The molecule has 0 unspecified atom stereocenters. The summed E-state index contributed by atoms with van der Waals surface area (Å²) in [7, 11) is 0. The highest BCUT2D eigenvalue weighted by molar-refractivity contribution is 9.10. The smallest absolute Gasteiger partial charge is 0.0866 e. The van der Waals surface area contributed by atoms with Gasteiger partial charge < -0.3 is 5.11 Å². The third kappa shape index (κ3) is 2.43. The topological polar surface area (TPSA) is 50.9 Å². The van der Waals surface area contributed by atoms with Crippen LogP contribution in [0.15, 0.2) is 34.9 Å². The number of aliphatic hydroxyl groups excluding tert-OH is 1. The van der Waals surface area contributed by atoms with Crippen molar-refractivity contribution in [3.05, 3.63) is 46.2 Å². The molecule has 4 nitrogen and oxygen atoms in total. The van der Waals surface area contributed by atoms with Crippen LogP contribution in [0.2, 0.25) is 0 Å². The molecule has 15 heavy (non-hydrogen) atoms. The first kappa shape index (κ1) is 10.3. The molecule has 0 atom stereocenters. The first-order valence-corrected chi connectivity index (χ1v) is 5.31. The average Bonchev–Trinajstić information content (AvgIpc) is 2.69. The van der Waals surface area contributed by atoms with E-state index in [1.807, 2.05) is 24.3 Å². The summed E-state index contributed by atoms with van der Waals surface area (Å²) < 4.78 is 2.73. The van der Waals surface area contributed by atoms with E-state index in [9.17, 15) is 0 Å². The van der Waals surface area contributed by atoms with Crippen LogP contribution in [-0.2, 0) is 13.2 Å². The average molecular weight is 268 g/mol. The lowest BCUT2D eigenvalue weighted by Crippen LogP contribution is -2.06. The predicted molar refractivity (Wildman–Crippen MR) is 59.2 cm³/mol. The SMILES string of the molecule is OCc1cnnn1Cc1ccc(Br)cc1. The number of halogens is 1. The van der Waals surface area contributed by atoms with Crippen LogP contribution in [0.25, 0.3) is 0 Å². The summed E-state index contributed by atoms with van der Waals surface area (Å²) >= 11 is 3.38. The van der Waals surface area contributed by atoms with Gasteiger partial charge in [-0.3, -0.25) is 0 Å². The van der Waals surface area contributed by atoms with E-state index in [1.54, 1.807) is 10.9 Å². The van der Waals surface area contributed by atoms with Crippen LogP contribution < -0.4 is 0 Å². The van der Waals surface area contributed by atoms with Crippen LogP contribution in [0.4, 0.5) is 0 Å². The molecule has 1 heterocycles. The monoisotopic (exact) mass is 267 g/mol. The fraction of sp³-hybridized carbons (Fsp3) is 0.200. The molecule has 0 saturated carbocycles. The summed E-state index contributed by atoms with van der Waals surface area (Å²) in [5.74, 6) is 0. The molecule has 0 aliphatic carbocycles. The lowest BCUT2D eigenvalue weighted by atomic mass is 10.2. The van der Waals surface area contributed by atoms with Gasteiger partial charge in [0.15, 0.2) is 0 Å². The molecule has 0 amide bonds. The molecular formula is C10H10BrN3O. The number of aliphatic hydroxyl groups is 1. The maximum absolute atomic E-state index is 9.02. The van der Waals surface area contributed by atoms with Crippen molar-refractivity contribution in [1.82, 2.24) is 15.0 Å².